The molecule has 1 N–H and O–H groups in total. The maximum absolute atomic E-state index is 12.7. The van der Waals surface area contributed by atoms with Gasteiger partial charge in [0.25, 0.3) is 0 Å². The Bertz CT molecular complexity index is 642. The molecule has 2 aromatic rings. The van der Waals surface area contributed by atoms with Crippen molar-refractivity contribution < 1.29 is 9.53 Å². The highest BCUT2D eigenvalue weighted by molar-refractivity contribution is 9.10. The first-order chi connectivity index (χ1) is 9.75. The summed E-state index contributed by atoms with van der Waals surface area (Å²) in [4.78, 5) is 16.5. The van der Waals surface area contributed by atoms with Crippen LogP contribution in [0.25, 0.3) is 5.70 Å². The minimum Gasteiger partial charge on any atom is -0.476 e. The number of hydrogen-bond acceptors (Lipinski definition) is 5. The van der Waals surface area contributed by atoms with E-state index >= 15 is 0 Å². The van der Waals surface area contributed by atoms with E-state index < -0.39 is 0 Å². The lowest BCUT2D eigenvalue weighted by Gasteiger charge is -2.09. The van der Waals surface area contributed by atoms with Crippen molar-refractivity contribution in [2.75, 3.05) is 13.2 Å². The minimum atomic E-state index is -0.174. The van der Waals surface area contributed by atoms with Crippen LogP contribution < -0.4 is 5.32 Å². The number of nitrogens with one attached hydrogen (secondary N) is 1. The molecule has 1 aliphatic rings. The molecule has 6 nitrogen and oxygen atoms in total. The van der Waals surface area contributed by atoms with Gasteiger partial charge in [-0.1, -0.05) is 15.9 Å². The van der Waals surface area contributed by atoms with Crippen molar-refractivity contribution in [3.8, 4) is 0 Å². The van der Waals surface area contributed by atoms with Crippen LogP contribution in [0.2, 0.25) is 0 Å². The predicted molar refractivity (Wildman–Crippen MR) is 75.7 cm³/mol. The molecule has 0 saturated carbocycles. The van der Waals surface area contributed by atoms with Gasteiger partial charge in [0, 0.05) is 10.0 Å². The van der Waals surface area contributed by atoms with Crippen molar-refractivity contribution in [1.29, 1.82) is 0 Å². The third-order valence-electron chi connectivity index (χ3n) is 2.82. The molecule has 1 aromatic carbocycles. The second-order valence-electron chi connectivity index (χ2n) is 4.13. The van der Waals surface area contributed by atoms with Gasteiger partial charge >= 0.3 is 0 Å². The van der Waals surface area contributed by atoms with Crippen molar-refractivity contribution in [3.63, 3.8) is 0 Å². The van der Waals surface area contributed by atoms with E-state index in [4.69, 9.17) is 4.74 Å². The van der Waals surface area contributed by atoms with Crippen LogP contribution >= 0.6 is 15.9 Å². The third-order valence-corrected chi connectivity index (χ3v) is 3.35. The van der Waals surface area contributed by atoms with Gasteiger partial charge in [0.2, 0.25) is 11.7 Å². The summed E-state index contributed by atoms with van der Waals surface area (Å²) in [6, 6.07) is 7.14. The van der Waals surface area contributed by atoms with Crippen molar-refractivity contribution in [3.05, 3.63) is 52.8 Å². The Morgan fingerprint density at radius 3 is 2.75 bits per heavy atom. The minimum absolute atomic E-state index is 0.174. The van der Waals surface area contributed by atoms with Crippen molar-refractivity contribution in [2.45, 2.75) is 0 Å². The van der Waals surface area contributed by atoms with Crippen molar-refractivity contribution in [1.82, 2.24) is 20.1 Å². The van der Waals surface area contributed by atoms with Crippen LogP contribution in [0.3, 0.4) is 0 Å². The molecule has 1 fully saturated rings. The van der Waals surface area contributed by atoms with Crippen molar-refractivity contribution in [2.24, 2.45) is 0 Å². The Hall–Kier alpha value is -2.15. The second-order valence-corrected chi connectivity index (χ2v) is 5.04. The molecule has 0 unspecified atom stereocenters. The van der Waals surface area contributed by atoms with Gasteiger partial charge < -0.3 is 10.1 Å². The summed E-state index contributed by atoms with van der Waals surface area (Å²) in [6.07, 6.45) is 2.85. The Kier molecular flexibility index (Phi) is 3.51. The highest BCUT2D eigenvalue weighted by Gasteiger charge is 2.24. The summed E-state index contributed by atoms with van der Waals surface area (Å²) in [5.41, 5.74) is 0.894. The Labute approximate surface area is 123 Å². The molecule has 0 aliphatic carbocycles. The molecule has 0 amide bonds. The fraction of sp³-hybridized carbons (Fsp3) is 0.154. The van der Waals surface area contributed by atoms with E-state index in [0.717, 1.165) is 4.47 Å². The smallest absolute Gasteiger partial charge is 0.217 e. The van der Waals surface area contributed by atoms with Gasteiger partial charge in [0.05, 0.1) is 6.54 Å². The van der Waals surface area contributed by atoms with E-state index in [1.54, 1.807) is 12.1 Å². The molecule has 0 radical (unpaired) electrons. The van der Waals surface area contributed by atoms with E-state index in [1.807, 2.05) is 12.1 Å². The lowest BCUT2D eigenvalue weighted by atomic mass is 10.1. The SMILES string of the molecule is O=C(C(=C1NCCO1)n1cncn1)c1ccc(Br)cc1. The maximum atomic E-state index is 12.7. The van der Waals surface area contributed by atoms with E-state index in [2.05, 4.69) is 31.3 Å². The largest absolute Gasteiger partial charge is 0.476 e. The molecule has 0 spiro atoms. The maximum Gasteiger partial charge on any atom is 0.217 e. The quantitative estimate of drug-likeness (QED) is 0.683. The zero-order valence-corrected chi connectivity index (χ0v) is 12.0. The molecule has 2 heterocycles. The van der Waals surface area contributed by atoms with E-state index in [9.17, 15) is 4.79 Å². The van der Waals surface area contributed by atoms with Crippen LogP contribution in [0.15, 0.2) is 47.3 Å². The molecule has 1 aromatic heterocycles. The normalized spacial score (nSPS) is 16.4. The van der Waals surface area contributed by atoms with Gasteiger partial charge in [-0.25, -0.2) is 9.67 Å². The predicted octanol–water partition coefficient (Wildman–Crippen LogP) is 1.67. The summed E-state index contributed by atoms with van der Waals surface area (Å²) >= 11 is 3.35. The van der Waals surface area contributed by atoms with Gasteiger partial charge in [-0.05, 0) is 24.3 Å². The molecule has 1 aliphatic heterocycles. The Morgan fingerprint density at radius 2 is 2.15 bits per heavy atom. The lowest BCUT2D eigenvalue weighted by Crippen LogP contribution is -2.18. The average molecular weight is 335 g/mol. The number of rotatable bonds is 3. The van der Waals surface area contributed by atoms with E-state index in [0.29, 0.717) is 30.3 Å². The summed E-state index contributed by atoms with van der Waals surface area (Å²) in [7, 11) is 0. The van der Waals surface area contributed by atoms with Gasteiger partial charge in [-0.2, -0.15) is 5.10 Å². The van der Waals surface area contributed by atoms with E-state index in [-0.39, 0.29) is 5.78 Å². The highest BCUT2D eigenvalue weighted by Crippen LogP contribution is 2.19. The van der Waals surface area contributed by atoms with Gasteiger partial charge in [-0.3, -0.25) is 4.79 Å². The lowest BCUT2D eigenvalue weighted by molar-refractivity contribution is 0.104. The number of ketones is 1. The first-order valence-electron chi connectivity index (χ1n) is 6.02. The van der Waals surface area contributed by atoms with Crippen LogP contribution in [0.4, 0.5) is 0 Å². The molecule has 20 heavy (non-hydrogen) atoms. The summed E-state index contributed by atoms with van der Waals surface area (Å²) in [5, 5.41) is 7.07. The van der Waals surface area contributed by atoms with Crippen LogP contribution in [-0.2, 0) is 4.74 Å². The average Bonchev–Trinajstić information content (AvgIpc) is 3.13. The number of carbonyl (C=O) groups is 1. The topological polar surface area (TPSA) is 69.0 Å². The number of halogens is 1. The zero-order chi connectivity index (χ0) is 13.9. The number of hydrogen-bond donors (Lipinski definition) is 1. The zero-order valence-electron chi connectivity index (χ0n) is 10.4. The number of benzene rings is 1. The first kappa shape index (κ1) is 12.9. The number of aromatic nitrogens is 3. The fourth-order valence-corrected chi connectivity index (χ4v) is 2.16. The Morgan fingerprint density at radius 1 is 1.35 bits per heavy atom. The molecule has 0 bridgehead atoms. The molecular weight excluding hydrogens is 324 g/mol. The molecular formula is C13H11BrN4O2. The van der Waals surface area contributed by atoms with Crippen LogP contribution in [0.1, 0.15) is 10.4 Å². The van der Waals surface area contributed by atoms with Crippen LogP contribution in [0, 0.1) is 0 Å². The third kappa shape index (κ3) is 2.44. The van der Waals surface area contributed by atoms with Crippen molar-refractivity contribution >= 4 is 27.4 Å². The Balaban J connectivity index is 2.04. The molecule has 1 saturated heterocycles. The number of carbonyl (C=O) groups excluding carboxylic acids is 1. The molecule has 7 heteroatoms. The molecule has 3 rings (SSSR count). The number of ether oxygens (including phenoxy) is 1. The van der Waals surface area contributed by atoms with Crippen LogP contribution in [0.5, 0.6) is 0 Å². The number of nitrogens with zero attached hydrogens (tertiary/aromatic N) is 3. The molecule has 0 atom stereocenters. The van der Waals surface area contributed by atoms with Gasteiger partial charge in [-0.15, -0.1) is 0 Å². The number of Topliss-reactive ketones (excluding diaryl/α,β-unsaturated/α-hetero) is 1. The standard InChI is InChI=1S/C13H11BrN4O2/c14-10-3-1-9(2-4-10)12(19)11(13-16-5-6-20-13)18-8-15-7-17-18/h1-4,7-8,16H,5-6H2. The van der Waals surface area contributed by atoms with Gasteiger partial charge in [0.1, 0.15) is 19.3 Å². The fourth-order valence-electron chi connectivity index (χ4n) is 1.89. The van der Waals surface area contributed by atoms with E-state index in [1.165, 1.54) is 17.3 Å². The summed E-state index contributed by atoms with van der Waals surface area (Å²) < 4.78 is 7.79. The molecule has 102 valence electrons. The number of allylic oxidation sites excluding steroid dienone is 1. The first-order valence-corrected chi connectivity index (χ1v) is 6.81. The summed E-state index contributed by atoms with van der Waals surface area (Å²) in [6.45, 7) is 1.20. The second kappa shape index (κ2) is 5.46. The van der Waals surface area contributed by atoms with Gasteiger partial charge in [0.15, 0.2) is 5.70 Å². The summed E-state index contributed by atoms with van der Waals surface area (Å²) in [5.74, 6) is 0.260. The highest BCUT2D eigenvalue weighted by atomic mass is 79.9. The van der Waals surface area contributed by atoms with Crippen LogP contribution in [-0.4, -0.2) is 33.7 Å². The monoisotopic (exact) mass is 334 g/mol.